The van der Waals surface area contributed by atoms with Crippen LogP contribution in [0.25, 0.3) is 6.08 Å². The molecule has 0 spiro atoms. The third-order valence-corrected chi connectivity index (χ3v) is 4.31. The van der Waals surface area contributed by atoms with Crippen molar-refractivity contribution in [3.63, 3.8) is 0 Å². The van der Waals surface area contributed by atoms with Crippen molar-refractivity contribution in [1.82, 2.24) is 4.90 Å². The van der Waals surface area contributed by atoms with Crippen molar-refractivity contribution in [2.75, 3.05) is 37.6 Å². The van der Waals surface area contributed by atoms with Gasteiger partial charge >= 0.3 is 0 Å². The summed E-state index contributed by atoms with van der Waals surface area (Å²) in [7, 11) is 0. The molecule has 0 amide bonds. The third-order valence-electron chi connectivity index (χ3n) is 4.31. The largest absolute Gasteiger partial charge is 0.370 e. The van der Waals surface area contributed by atoms with E-state index in [2.05, 4.69) is 61.6 Å². The van der Waals surface area contributed by atoms with Crippen LogP contribution in [0.2, 0.25) is 0 Å². The van der Waals surface area contributed by atoms with Crippen molar-refractivity contribution in [2.45, 2.75) is 33.1 Å². The molecular formula is C22H34N2. The molecule has 0 N–H and O–H groups in total. The van der Waals surface area contributed by atoms with Gasteiger partial charge in [-0.15, -0.1) is 13.2 Å². The SMILES string of the molecule is C=CCCN(CCN(CC=C)CCCC)c1cc(C=C)ccc1C. The summed E-state index contributed by atoms with van der Waals surface area (Å²) in [5.74, 6) is 0. The molecule has 0 aliphatic heterocycles. The lowest BCUT2D eigenvalue weighted by molar-refractivity contribution is 0.303. The highest BCUT2D eigenvalue weighted by atomic mass is 15.2. The van der Waals surface area contributed by atoms with Gasteiger partial charge in [0.1, 0.15) is 0 Å². The van der Waals surface area contributed by atoms with Crippen LogP contribution in [0.1, 0.15) is 37.3 Å². The van der Waals surface area contributed by atoms with Gasteiger partial charge in [-0.05, 0) is 43.5 Å². The van der Waals surface area contributed by atoms with Gasteiger partial charge in [0.2, 0.25) is 0 Å². The number of hydrogen-bond donors (Lipinski definition) is 0. The van der Waals surface area contributed by atoms with E-state index in [9.17, 15) is 0 Å². The van der Waals surface area contributed by atoms with E-state index in [0.717, 1.165) is 39.1 Å². The molecular weight excluding hydrogens is 292 g/mol. The first-order valence-corrected chi connectivity index (χ1v) is 9.08. The highest BCUT2D eigenvalue weighted by Crippen LogP contribution is 2.22. The first kappa shape index (κ1) is 20.2. The van der Waals surface area contributed by atoms with Gasteiger partial charge < -0.3 is 4.90 Å². The number of nitrogens with zero attached hydrogens (tertiary/aromatic N) is 2. The highest BCUT2D eigenvalue weighted by molar-refractivity contribution is 5.61. The Morgan fingerprint density at radius 3 is 2.42 bits per heavy atom. The molecule has 1 aromatic carbocycles. The Bertz CT molecular complexity index is 519. The molecule has 2 heteroatoms. The van der Waals surface area contributed by atoms with Crippen LogP contribution >= 0.6 is 0 Å². The van der Waals surface area contributed by atoms with E-state index >= 15 is 0 Å². The maximum Gasteiger partial charge on any atom is 0.0402 e. The number of aryl methyl sites for hydroxylation is 1. The fraction of sp³-hybridized carbons (Fsp3) is 0.455. The van der Waals surface area contributed by atoms with Gasteiger partial charge in [0.25, 0.3) is 0 Å². The number of anilines is 1. The minimum absolute atomic E-state index is 0.959. The first-order chi connectivity index (χ1) is 11.7. The maximum atomic E-state index is 3.90. The zero-order valence-corrected chi connectivity index (χ0v) is 15.6. The van der Waals surface area contributed by atoms with E-state index in [-0.39, 0.29) is 0 Å². The number of benzene rings is 1. The molecule has 0 heterocycles. The molecule has 0 radical (unpaired) electrons. The Morgan fingerprint density at radius 2 is 1.79 bits per heavy atom. The molecule has 0 unspecified atom stereocenters. The molecule has 0 fully saturated rings. The van der Waals surface area contributed by atoms with E-state index in [1.807, 2.05) is 18.2 Å². The molecule has 2 nitrogen and oxygen atoms in total. The van der Waals surface area contributed by atoms with Crippen LogP contribution in [0.3, 0.4) is 0 Å². The van der Waals surface area contributed by atoms with Gasteiger partial charge in [0.15, 0.2) is 0 Å². The molecule has 0 aliphatic rings. The second-order valence-electron chi connectivity index (χ2n) is 6.26. The van der Waals surface area contributed by atoms with Crippen LogP contribution in [-0.4, -0.2) is 37.6 Å². The summed E-state index contributed by atoms with van der Waals surface area (Å²) in [6.45, 7) is 21.3. The van der Waals surface area contributed by atoms with Crippen molar-refractivity contribution >= 4 is 11.8 Å². The fourth-order valence-corrected chi connectivity index (χ4v) is 2.81. The molecule has 0 saturated heterocycles. The second-order valence-corrected chi connectivity index (χ2v) is 6.26. The van der Waals surface area contributed by atoms with Gasteiger partial charge in [0.05, 0.1) is 0 Å². The van der Waals surface area contributed by atoms with Crippen LogP contribution in [0, 0.1) is 6.92 Å². The topological polar surface area (TPSA) is 6.48 Å². The molecule has 132 valence electrons. The maximum absolute atomic E-state index is 3.90. The van der Waals surface area contributed by atoms with Crippen LogP contribution in [0.15, 0.2) is 50.1 Å². The third kappa shape index (κ3) is 6.76. The molecule has 1 rings (SSSR count). The summed E-state index contributed by atoms with van der Waals surface area (Å²) in [4.78, 5) is 4.97. The van der Waals surface area contributed by atoms with E-state index in [4.69, 9.17) is 0 Å². The minimum Gasteiger partial charge on any atom is -0.370 e. The average Bonchev–Trinajstić information content (AvgIpc) is 2.60. The van der Waals surface area contributed by atoms with E-state index in [1.54, 1.807) is 0 Å². The Morgan fingerprint density at radius 1 is 1.00 bits per heavy atom. The predicted molar refractivity (Wildman–Crippen MR) is 110 cm³/mol. The number of unbranched alkanes of at least 4 members (excludes halogenated alkanes) is 1. The predicted octanol–water partition coefficient (Wildman–Crippen LogP) is 5.31. The molecule has 1 aromatic rings. The van der Waals surface area contributed by atoms with Gasteiger partial charge in [-0.3, -0.25) is 4.90 Å². The Labute approximate surface area is 149 Å². The zero-order valence-electron chi connectivity index (χ0n) is 15.6. The first-order valence-electron chi connectivity index (χ1n) is 9.08. The van der Waals surface area contributed by atoms with Crippen LogP contribution in [-0.2, 0) is 0 Å². The molecule has 0 bridgehead atoms. The van der Waals surface area contributed by atoms with Gasteiger partial charge in [-0.25, -0.2) is 0 Å². The molecule has 0 aromatic heterocycles. The standard InChI is InChI=1S/C22H34N2/c1-6-10-15-23(14-8-3)17-18-24(16-11-7-2)22-19-21(9-4)13-12-20(22)5/h7-9,12-13,19H,2-4,6,10-11,14-18H2,1,5H3. The minimum atomic E-state index is 0.959. The van der Waals surface area contributed by atoms with Crippen LogP contribution in [0.4, 0.5) is 5.69 Å². The second kappa shape index (κ2) is 11.7. The van der Waals surface area contributed by atoms with E-state index in [1.165, 1.54) is 29.7 Å². The number of hydrogen-bond acceptors (Lipinski definition) is 2. The normalized spacial score (nSPS) is 10.6. The van der Waals surface area contributed by atoms with Crippen molar-refractivity contribution < 1.29 is 0 Å². The Kier molecular flexibility index (Phi) is 9.86. The van der Waals surface area contributed by atoms with E-state index in [0.29, 0.717) is 0 Å². The monoisotopic (exact) mass is 326 g/mol. The lowest BCUT2D eigenvalue weighted by Crippen LogP contribution is -2.36. The summed E-state index contributed by atoms with van der Waals surface area (Å²) >= 11 is 0. The summed E-state index contributed by atoms with van der Waals surface area (Å²) in [6.07, 6.45) is 9.39. The molecule has 24 heavy (non-hydrogen) atoms. The van der Waals surface area contributed by atoms with Gasteiger partial charge in [0, 0.05) is 31.9 Å². The zero-order chi connectivity index (χ0) is 17.8. The van der Waals surface area contributed by atoms with Crippen molar-refractivity contribution in [1.29, 1.82) is 0 Å². The summed E-state index contributed by atoms with van der Waals surface area (Å²) < 4.78 is 0. The Balaban J connectivity index is 2.85. The highest BCUT2D eigenvalue weighted by Gasteiger charge is 2.11. The van der Waals surface area contributed by atoms with Crippen LogP contribution < -0.4 is 4.90 Å². The fourth-order valence-electron chi connectivity index (χ4n) is 2.81. The molecule has 0 aliphatic carbocycles. The van der Waals surface area contributed by atoms with E-state index < -0.39 is 0 Å². The summed E-state index contributed by atoms with van der Waals surface area (Å²) in [5.41, 5.74) is 3.80. The quantitative estimate of drug-likeness (QED) is 0.453. The summed E-state index contributed by atoms with van der Waals surface area (Å²) in [5, 5.41) is 0. The lowest BCUT2D eigenvalue weighted by Gasteiger charge is -2.30. The van der Waals surface area contributed by atoms with Crippen molar-refractivity contribution in [3.8, 4) is 0 Å². The smallest absolute Gasteiger partial charge is 0.0402 e. The average molecular weight is 327 g/mol. The van der Waals surface area contributed by atoms with Gasteiger partial charge in [-0.1, -0.05) is 50.3 Å². The molecule has 0 saturated carbocycles. The lowest BCUT2D eigenvalue weighted by atomic mass is 10.1. The molecule has 0 atom stereocenters. The van der Waals surface area contributed by atoms with Gasteiger partial charge in [-0.2, -0.15) is 0 Å². The Hall–Kier alpha value is -1.80. The van der Waals surface area contributed by atoms with Crippen molar-refractivity contribution in [3.05, 3.63) is 61.2 Å². The van der Waals surface area contributed by atoms with Crippen LogP contribution in [0.5, 0.6) is 0 Å². The number of rotatable bonds is 13. The van der Waals surface area contributed by atoms with Crippen molar-refractivity contribution in [2.24, 2.45) is 0 Å². The summed E-state index contributed by atoms with van der Waals surface area (Å²) in [6, 6.07) is 6.56.